The number of halogens is 2. The SMILES string of the molecule is O=C(OCCI)c1ccc2c(c1)nc(Nc1cccc(Cl)c1)c1ccncc12. The average molecular weight is 504 g/mol. The highest BCUT2D eigenvalue weighted by Gasteiger charge is 2.13. The van der Waals surface area contributed by atoms with Crippen molar-refractivity contribution >= 4 is 73.3 Å². The maximum Gasteiger partial charge on any atom is 0.338 e. The van der Waals surface area contributed by atoms with E-state index in [1.54, 1.807) is 24.5 Å². The standard InChI is InChI=1S/C21H15ClIN3O2/c22-14-2-1-3-15(11-14)25-20-17-6-8-24-12-18(17)16-5-4-13(10-19(16)26-20)21(27)28-9-7-23/h1-6,8,10-12H,7,9H2,(H,25,26). The highest BCUT2D eigenvalue weighted by atomic mass is 127. The van der Waals surface area contributed by atoms with E-state index in [2.05, 4.69) is 32.9 Å². The molecule has 4 rings (SSSR count). The molecule has 0 aliphatic rings. The molecule has 0 bridgehead atoms. The molecule has 0 aliphatic heterocycles. The first-order chi connectivity index (χ1) is 13.7. The quantitative estimate of drug-likeness (QED) is 0.162. The number of carbonyl (C=O) groups excluding carboxylic acids is 1. The Kier molecular flexibility index (Phi) is 5.59. The summed E-state index contributed by atoms with van der Waals surface area (Å²) in [7, 11) is 0. The van der Waals surface area contributed by atoms with Crippen LogP contribution in [-0.2, 0) is 4.74 Å². The molecule has 2 aromatic carbocycles. The van der Waals surface area contributed by atoms with Gasteiger partial charge in [-0.25, -0.2) is 9.78 Å². The summed E-state index contributed by atoms with van der Waals surface area (Å²) in [5, 5.41) is 6.76. The molecule has 0 unspecified atom stereocenters. The molecule has 0 fully saturated rings. The third kappa shape index (κ3) is 3.88. The Morgan fingerprint density at radius 2 is 2.00 bits per heavy atom. The number of alkyl halides is 1. The molecule has 2 aromatic heterocycles. The van der Waals surface area contributed by atoms with Crippen LogP contribution in [0.25, 0.3) is 21.7 Å². The van der Waals surface area contributed by atoms with Crippen molar-refractivity contribution in [3.05, 3.63) is 71.5 Å². The largest absolute Gasteiger partial charge is 0.461 e. The van der Waals surface area contributed by atoms with E-state index < -0.39 is 0 Å². The number of rotatable bonds is 5. The maximum absolute atomic E-state index is 12.2. The van der Waals surface area contributed by atoms with Crippen LogP contribution >= 0.6 is 34.2 Å². The minimum absolute atomic E-state index is 0.351. The number of hydrogen-bond acceptors (Lipinski definition) is 5. The summed E-state index contributed by atoms with van der Waals surface area (Å²) in [5.41, 5.74) is 1.99. The second-order valence-electron chi connectivity index (χ2n) is 6.07. The van der Waals surface area contributed by atoms with E-state index in [-0.39, 0.29) is 5.97 Å². The van der Waals surface area contributed by atoms with Crippen LogP contribution in [0.15, 0.2) is 60.9 Å². The zero-order valence-electron chi connectivity index (χ0n) is 14.7. The van der Waals surface area contributed by atoms with Gasteiger partial charge in [0.2, 0.25) is 0 Å². The number of fused-ring (bicyclic) bond motifs is 3. The van der Waals surface area contributed by atoms with Gasteiger partial charge < -0.3 is 10.1 Å². The normalized spacial score (nSPS) is 10.9. The van der Waals surface area contributed by atoms with Gasteiger partial charge >= 0.3 is 5.97 Å². The lowest BCUT2D eigenvalue weighted by atomic mass is 10.1. The van der Waals surface area contributed by atoms with Gasteiger partial charge in [0.15, 0.2) is 0 Å². The Hall–Kier alpha value is -2.45. The van der Waals surface area contributed by atoms with Crippen LogP contribution in [0.3, 0.4) is 0 Å². The Bertz CT molecular complexity index is 1180. The molecule has 2 heterocycles. The first-order valence-corrected chi connectivity index (χ1v) is 10.5. The summed E-state index contributed by atoms with van der Waals surface area (Å²) < 4.78 is 5.99. The van der Waals surface area contributed by atoms with Gasteiger partial charge in [0.25, 0.3) is 0 Å². The van der Waals surface area contributed by atoms with Crippen molar-refractivity contribution in [2.45, 2.75) is 0 Å². The summed E-state index contributed by atoms with van der Waals surface area (Å²) >= 11 is 8.27. The monoisotopic (exact) mass is 503 g/mol. The molecule has 7 heteroatoms. The summed E-state index contributed by atoms with van der Waals surface area (Å²) in [4.78, 5) is 21.2. The minimum atomic E-state index is -0.351. The van der Waals surface area contributed by atoms with Crippen LogP contribution in [0.1, 0.15) is 10.4 Å². The van der Waals surface area contributed by atoms with Crippen LogP contribution in [0.5, 0.6) is 0 Å². The minimum Gasteiger partial charge on any atom is -0.461 e. The molecule has 0 aliphatic carbocycles. The van der Waals surface area contributed by atoms with Gasteiger partial charge in [-0.15, -0.1) is 0 Å². The van der Waals surface area contributed by atoms with E-state index in [0.717, 1.165) is 26.3 Å². The Balaban J connectivity index is 1.84. The van der Waals surface area contributed by atoms with E-state index in [4.69, 9.17) is 21.3 Å². The van der Waals surface area contributed by atoms with Crippen LogP contribution in [0.4, 0.5) is 11.5 Å². The number of anilines is 2. The third-order valence-electron chi connectivity index (χ3n) is 4.23. The van der Waals surface area contributed by atoms with E-state index in [1.807, 2.05) is 36.4 Å². The summed E-state index contributed by atoms with van der Waals surface area (Å²) in [6.07, 6.45) is 3.53. The molecule has 0 spiro atoms. The molecule has 28 heavy (non-hydrogen) atoms. The van der Waals surface area contributed by atoms with Gasteiger partial charge in [0.05, 0.1) is 11.1 Å². The van der Waals surface area contributed by atoms with Gasteiger partial charge in [-0.05, 0) is 36.4 Å². The molecule has 140 valence electrons. The Labute approximate surface area is 180 Å². The van der Waals surface area contributed by atoms with E-state index in [9.17, 15) is 4.79 Å². The van der Waals surface area contributed by atoms with Gasteiger partial charge in [0.1, 0.15) is 12.4 Å². The number of benzene rings is 2. The molecule has 0 radical (unpaired) electrons. The number of hydrogen-bond donors (Lipinski definition) is 1. The van der Waals surface area contributed by atoms with E-state index >= 15 is 0 Å². The smallest absolute Gasteiger partial charge is 0.338 e. The molecular weight excluding hydrogens is 489 g/mol. The van der Waals surface area contributed by atoms with E-state index in [1.165, 1.54) is 0 Å². The topological polar surface area (TPSA) is 64.1 Å². The fourth-order valence-corrected chi connectivity index (χ4v) is 3.40. The number of nitrogens with zero attached hydrogens (tertiary/aromatic N) is 2. The number of aromatic nitrogens is 2. The number of nitrogens with one attached hydrogen (secondary N) is 1. The fourth-order valence-electron chi connectivity index (χ4n) is 2.99. The van der Waals surface area contributed by atoms with Crippen molar-refractivity contribution in [1.82, 2.24) is 9.97 Å². The number of ether oxygens (including phenoxy) is 1. The van der Waals surface area contributed by atoms with Crippen LogP contribution < -0.4 is 5.32 Å². The molecule has 0 amide bonds. The zero-order chi connectivity index (χ0) is 19.5. The summed E-state index contributed by atoms with van der Waals surface area (Å²) in [5.74, 6) is 0.320. The van der Waals surface area contributed by atoms with Crippen LogP contribution in [0, 0.1) is 0 Å². The average Bonchev–Trinajstić information content (AvgIpc) is 2.72. The maximum atomic E-state index is 12.2. The number of pyridine rings is 2. The predicted molar refractivity (Wildman–Crippen MR) is 121 cm³/mol. The van der Waals surface area contributed by atoms with Crippen molar-refractivity contribution in [2.75, 3.05) is 16.4 Å². The lowest BCUT2D eigenvalue weighted by molar-refractivity contribution is 0.0533. The summed E-state index contributed by atoms with van der Waals surface area (Å²) in [6, 6.07) is 14.7. The number of esters is 1. The molecular formula is C21H15ClIN3O2. The molecule has 5 nitrogen and oxygen atoms in total. The van der Waals surface area contributed by atoms with E-state index in [0.29, 0.717) is 28.5 Å². The Morgan fingerprint density at radius 1 is 1.11 bits per heavy atom. The molecule has 0 atom stereocenters. The van der Waals surface area contributed by atoms with Crippen molar-refractivity contribution < 1.29 is 9.53 Å². The van der Waals surface area contributed by atoms with Gasteiger partial charge in [-0.2, -0.15) is 0 Å². The second-order valence-corrected chi connectivity index (χ2v) is 7.59. The number of carbonyl (C=O) groups is 1. The Morgan fingerprint density at radius 3 is 2.82 bits per heavy atom. The molecule has 0 saturated heterocycles. The molecule has 4 aromatic rings. The highest BCUT2D eigenvalue weighted by Crippen LogP contribution is 2.31. The predicted octanol–water partition coefficient (Wildman–Crippen LogP) is 5.77. The highest BCUT2D eigenvalue weighted by molar-refractivity contribution is 14.1. The molecule has 1 N–H and O–H groups in total. The first-order valence-electron chi connectivity index (χ1n) is 8.59. The third-order valence-corrected chi connectivity index (χ3v) is 4.91. The lowest BCUT2D eigenvalue weighted by Gasteiger charge is -2.12. The lowest BCUT2D eigenvalue weighted by Crippen LogP contribution is -2.07. The second kappa shape index (κ2) is 8.28. The summed E-state index contributed by atoms with van der Waals surface area (Å²) in [6.45, 7) is 0.383. The molecule has 0 saturated carbocycles. The van der Waals surface area contributed by atoms with Crippen molar-refractivity contribution in [3.63, 3.8) is 0 Å². The van der Waals surface area contributed by atoms with Crippen molar-refractivity contribution in [1.29, 1.82) is 0 Å². The van der Waals surface area contributed by atoms with Gasteiger partial charge in [-0.3, -0.25) is 4.98 Å². The zero-order valence-corrected chi connectivity index (χ0v) is 17.6. The van der Waals surface area contributed by atoms with Crippen LogP contribution in [-0.4, -0.2) is 27.0 Å². The van der Waals surface area contributed by atoms with Gasteiger partial charge in [0, 0.05) is 43.7 Å². The first kappa shape index (κ1) is 18.9. The van der Waals surface area contributed by atoms with Crippen LogP contribution in [0.2, 0.25) is 5.02 Å². The van der Waals surface area contributed by atoms with Gasteiger partial charge in [-0.1, -0.05) is 46.3 Å². The fraction of sp³-hybridized carbons (Fsp3) is 0.0952. The van der Waals surface area contributed by atoms with Crippen molar-refractivity contribution in [2.24, 2.45) is 0 Å². The van der Waals surface area contributed by atoms with Crippen molar-refractivity contribution in [3.8, 4) is 0 Å².